The molecule has 8 nitrogen and oxygen atoms in total. The van der Waals surface area contributed by atoms with Gasteiger partial charge in [-0.3, -0.25) is 9.59 Å². The predicted octanol–water partition coefficient (Wildman–Crippen LogP) is 3.08. The largest absolute Gasteiger partial charge is 0.337 e. The highest BCUT2D eigenvalue weighted by molar-refractivity contribution is 8.03. The van der Waals surface area contributed by atoms with Gasteiger partial charge in [0, 0.05) is 32.3 Å². The van der Waals surface area contributed by atoms with Crippen LogP contribution in [-0.4, -0.2) is 82.3 Å². The zero-order chi connectivity index (χ0) is 25.8. The molecule has 0 aromatic heterocycles. The summed E-state index contributed by atoms with van der Waals surface area (Å²) >= 11 is 1.84. The van der Waals surface area contributed by atoms with Gasteiger partial charge in [0.2, 0.25) is 11.8 Å². The van der Waals surface area contributed by atoms with Crippen LogP contribution < -0.4 is 5.32 Å². The molecule has 3 aliphatic rings. The first kappa shape index (κ1) is 25.4. The van der Waals surface area contributed by atoms with Crippen molar-refractivity contribution in [2.24, 2.45) is 0 Å². The molecule has 0 saturated carbocycles. The van der Waals surface area contributed by atoms with Gasteiger partial charge in [-0.15, -0.1) is 11.8 Å². The molecule has 3 heterocycles. The fourth-order valence-corrected chi connectivity index (χ4v) is 6.26. The van der Waals surface area contributed by atoms with E-state index in [4.69, 9.17) is 0 Å². The molecule has 2 saturated heterocycles. The van der Waals surface area contributed by atoms with Gasteiger partial charge in [-0.05, 0) is 28.9 Å². The van der Waals surface area contributed by atoms with E-state index >= 15 is 0 Å². The third-order valence-corrected chi connectivity index (χ3v) is 8.29. The molecule has 3 aliphatic heterocycles. The number of carbonyl (C=O) groups is 3. The number of nitrogens with zero attached hydrogens (tertiary/aromatic N) is 4. The number of allylic oxidation sites excluding steroid dienone is 1. The van der Waals surface area contributed by atoms with E-state index in [1.807, 2.05) is 77.3 Å². The Hall–Kier alpha value is -3.30. The lowest BCUT2D eigenvalue weighted by molar-refractivity contribution is -0.186. The number of fused-ring (bicyclic) bond motifs is 1. The van der Waals surface area contributed by atoms with E-state index in [2.05, 4.69) is 11.4 Å². The SMILES string of the molecule is CN1CC(=O)N2[C@@H](Cc3ccccc3)C(=O)N(CCC3=CCCS3)C[C@@H]2N1C(=O)NCc1ccccc1. The molecule has 0 unspecified atom stereocenters. The molecule has 37 heavy (non-hydrogen) atoms. The van der Waals surface area contributed by atoms with Crippen molar-refractivity contribution in [3.8, 4) is 0 Å². The molecular weight excluding hydrogens is 486 g/mol. The van der Waals surface area contributed by atoms with Gasteiger partial charge in [0.1, 0.15) is 12.2 Å². The number of urea groups is 1. The Morgan fingerprint density at radius 2 is 1.73 bits per heavy atom. The Morgan fingerprint density at radius 3 is 2.41 bits per heavy atom. The summed E-state index contributed by atoms with van der Waals surface area (Å²) in [7, 11) is 1.75. The van der Waals surface area contributed by atoms with Crippen LogP contribution >= 0.6 is 11.8 Å². The highest BCUT2D eigenvalue weighted by Gasteiger charge is 2.50. The first-order valence-corrected chi connectivity index (χ1v) is 13.8. The third-order valence-electron chi connectivity index (χ3n) is 7.11. The zero-order valence-electron chi connectivity index (χ0n) is 21.1. The van der Waals surface area contributed by atoms with Crippen LogP contribution in [0.25, 0.3) is 0 Å². The summed E-state index contributed by atoms with van der Waals surface area (Å²) in [5.41, 5.74) is 1.98. The van der Waals surface area contributed by atoms with E-state index in [9.17, 15) is 14.4 Å². The molecule has 2 atom stereocenters. The number of benzene rings is 2. The van der Waals surface area contributed by atoms with Gasteiger partial charge < -0.3 is 15.1 Å². The summed E-state index contributed by atoms with van der Waals surface area (Å²) in [6.07, 6.45) is 3.95. The zero-order valence-corrected chi connectivity index (χ0v) is 21.9. The third kappa shape index (κ3) is 5.67. The van der Waals surface area contributed by atoms with Gasteiger partial charge in [-0.2, -0.15) is 0 Å². The molecule has 0 aliphatic carbocycles. The van der Waals surface area contributed by atoms with E-state index in [0.29, 0.717) is 19.5 Å². The van der Waals surface area contributed by atoms with Crippen LogP contribution in [0.2, 0.25) is 0 Å². The number of likely N-dealkylation sites (N-methyl/N-ethyl adjacent to an activating group) is 1. The smallest absolute Gasteiger partial charge is 0.334 e. The quantitative estimate of drug-likeness (QED) is 0.609. The molecule has 9 heteroatoms. The van der Waals surface area contributed by atoms with E-state index in [1.54, 1.807) is 22.0 Å². The summed E-state index contributed by atoms with van der Waals surface area (Å²) in [6.45, 7) is 1.28. The fourth-order valence-electron chi connectivity index (χ4n) is 5.29. The predicted molar refractivity (Wildman–Crippen MR) is 144 cm³/mol. The maximum absolute atomic E-state index is 13.8. The van der Waals surface area contributed by atoms with Crippen molar-refractivity contribution in [1.82, 2.24) is 25.1 Å². The molecule has 4 amide bonds. The van der Waals surface area contributed by atoms with E-state index in [1.165, 1.54) is 4.91 Å². The lowest BCUT2D eigenvalue weighted by Gasteiger charge is -2.54. The molecule has 0 radical (unpaired) electrons. The summed E-state index contributed by atoms with van der Waals surface area (Å²) < 4.78 is 0. The normalized spacial score (nSPS) is 22.2. The van der Waals surface area contributed by atoms with Crippen molar-refractivity contribution in [2.75, 3.05) is 32.4 Å². The monoisotopic (exact) mass is 519 g/mol. The van der Waals surface area contributed by atoms with Gasteiger partial charge in [0.25, 0.3) is 0 Å². The molecule has 194 valence electrons. The van der Waals surface area contributed by atoms with E-state index < -0.39 is 12.2 Å². The number of rotatable bonds is 7. The van der Waals surface area contributed by atoms with Crippen LogP contribution in [0, 0.1) is 0 Å². The van der Waals surface area contributed by atoms with Gasteiger partial charge in [0.05, 0.1) is 13.1 Å². The lowest BCUT2D eigenvalue weighted by Crippen LogP contribution is -2.76. The Kier molecular flexibility index (Phi) is 7.81. The van der Waals surface area contributed by atoms with E-state index in [0.717, 1.165) is 29.7 Å². The van der Waals surface area contributed by atoms with Crippen molar-refractivity contribution in [1.29, 1.82) is 0 Å². The first-order valence-electron chi connectivity index (χ1n) is 12.8. The summed E-state index contributed by atoms with van der Waals surface area (Å²) in [6, 6.07) is 18.6. The second kappa shape index (κ2) is 11.4. The minimum atomic E-state index is -0.656. The highest BCUT2D eigenvalue weighted by atomic mass is 32.2. The number of nitrogens with one attached hydrogen (secondary N) is 1. The number of thioether (sulfide) groups is 1. The minimum Gasteiger partial charge on any atom is -0.337 e. The van der Waals surface area contributed by atoms with Crippen molar-refractivity contribution >= 4 is 29.6 Å². The molecule has 0 spiro atoms. The van der Waals surface area contributed by atoms with Crippen LogP contribution in [0.15, 0.2) is 71.6 Å². The average molecular weight is 520 g/mol. The molecule has 2 aromatic rings. The number of carbonyl (C=O) groups excluding carboxylic acids is 3. The van der Waals surface area contributed by atoms with Crippen molar-refractivity contribution < 1.29 is 14.4 Å². The Labute approximate surface area is 222 Å². The number of hydrazine groups is 1. The maximum atomic E-state index is 13.8. The summed E-state index contributed by atoms with van der Waals surface area (Å²) in [5.74, 6) is 0.902. The average Bonchev–Trinajstić information content (AvgIpc) is 3.43. The van der Waals surface area contributed by atoms with Crippen molar-refractivity contribution in [3.05, 3.63) is 82.8 Å². The first-order chi connectivity index (χ1) is 18.0. The van der Waals surface area contributed by atoms with Gasteiger partial charge in [-0.25, -0.2) is 14.8 Å². The van der Waals surface area contributed by atoms with Gasteiger partial charge in [-0.1, -0.05) is 66.7 Å². The second-order valence-corrected chi connectivity index (χ2v) is 10.9. The molecule has 2 aromatic carbocycles. The second-order valence-electron chi connectivity index (χ2n) is 9.63. The number of hydrogen-bond donors (Lipinski definition) is 1. The standard InChI is InChI=1S/C28H33N5O3S/c1-30-20-26(34)32-24(17-21-9-4-2-5-10-21)27(35)31(15-14-23-13-8-16-37-23)19-25(32)33(30)28(36)29-18-22-11-6-3-7-12-22/h2-7,9-13,24-25H,8,14-20H2,1H3,(H,29,36)/t24-,25-/m0/s1. The molecule has 2 fully saturated rings. The Balaban J connectivity index is 1.40. The fraction of sp³-hybridized carbons (Fsp3) is 0.393. The summed E-state index contributed by atoms with van der Waals surface area (Å²) in [4.78, 5) is 45.4. The minimum absolute atomic E-state index is 0.0390. The van der Waals surface area contributed by atoms with Gasteiger partial charge in [0.15, 0.2) is 0 Å². The Morgan fingerprint density at radius 1 is 1.03 bits per heavy atom. The molecule has 1 N–H and O–H groups in total. The van der Waals surface area contributed by atoms with Crippen LogP contribution in [0.4, 0.5) is 4.79 Å². The van der Waals surface area contributed by atoms with Crippen molar-refractivity contribution in [2.45, 2.75) is 38.0 Å². The molecular formula is C28H33N5O3S. The lowest BCUT2D eigenvalue weighted by atomic mass is 9.98. The van der Waals surface area contributed by atoms with Crippen LogP contribution in [0.5, 0.6) is 0 Å². The van der Waals surface area contributed by atoms with Crippen LogP contribution in [-0.2, 0) is 22.6 Å². The maximum Gasteiger partial charge on any atom is 0.334 e. The molecule has 0 bridgehead atoms. The van der Waals surface area contributed by atoms with Crippen LogP contribution in [0.1, 0.15) is 24.0 Å². The highest BCUT2D eigenvalue weighted by Crippen LogP contribution is 2.31. The van der Waals surface area contributed by atoms with Crippen molar-refractivity contribution in [3.63, 3.8) is 0 Å². The number of hydrogen-bond acceptors (Lipinski definition) is 5. The number of amides is 4. The topological polar surface area (TPSA) is 76.2 Å². The van der Waals surface area contributed by atoms with E-state index in [-0.39, 0.29) is 30.9 Å². The number of piperazine rings is 1. The van der Waals surface area contributed by atoms with Gasteiger partial charge >= 0.3 is 6.03 Å². The van der Waals surface area contributed by atoms with Crippen LogP contribution in [0.3, 0.4) is 0 Å². The summed E-state index contributed by atoms with van der Waals surface area (Å²) in [5, 5.41) is 6.30. The molecule has 5 rings (SSSR count). The Bertz CT molecular complexity index is 1160.